The third-order valence-corrected chi connectivity index (χ3v) is 4.47. The number of halogens is 1. The molecule has 2 unspecified atom stereocenters. The molecule has 1 saturated carbocycles. The van der Waals surface area contributed by atoms with Gasteiger partial charge in [0.25, 0.3) is 0 Å². The van der Waals surface area contributed by atoms with Gasteiger partial charge in [0.1, 0.15) is 0 Å². The first kappa shape index (κ1) is 18.0. The van der Waals surface area contributed by atoms with Gasteiger partial charge in [-0.1, -0.05) is 25.1 Å². The van der Waals surface area contributed by atoms with Gasteiger partial charge < -0.3 is 15.5 Å². The molecule has 6 heteroatoms. The van der Waals surface area contributed by atoms with Crippen molar-refractivity contribution in [2.45, 2.75) is 32.2 Å². The van der Waals surface area contributed by atoms with E-state index in [0.29, 0.717) is 17.9 Å². The lowest BCUT2D eigenvalue weighted by molar-refractivity contribution is -0.117. The predicted octanol–water partition coefficient (Wildman–Crippen LogP) is 2.16. The Bertz CT molecular complexity index is 590. The van der Waals surface area contributed by atoms with Crippen LogP contribution in [-0.2, 0) is 11.2 Å². The highest BCUT2D eigenvalue weighted by Crippen LogP contribution is 2.29. The summed E-state index contributed by atoms with van der Waals surface area (Å²) >= 11 is 0. The minimum Gasteiger partial charge on any atom is -0.353 e. The summed E-state index contributed by atoms with van der Waals surface area (Å²) in [7, 11) is 1.74. The maximum atomic E-state index is 12.5. The average Bonchev–Trinajstić information content (AvgIpc) is 3.25. The third kappa shape index (κ3) is 4.37. The van der Waals surface area contributed by atoms with E-state index in [2.05, 4.69) is 28.6 Å². The molecule has 2 aliphatic rings. The number of hydrogen-bond donors (Lipinski definition) is 2. The van der Waals surface area contributed by atoms with Crippen LogP contribution in [0.3, 0.4) is 0 Å². The number of nitrogens with one attached hydrogen (secondary N) is 2. The zero-order chi connectivity index (χ0) is 15.5. The van der Waals surface area contributed by atoms with E-state index in [1.807, 2.05) is 23.1 Å². The van der Waals surface area contributed by atoms with Gasteiger partial charge in [-0.3, -0.25) is 9.79 Å². The second-order valence-electron chi connectivity index (χ2n) is 6.17. The highest BCUT2D eigenvalue weighted by Gasteiger charge is 2.33. The van der Waals surface area contributed by atoms with Crippen molar-refractivity contribution in [3.8, 4) is 0 Å². The number of aryl methyl sites for hydroxylation is 1. The van der Waals surface area contributed by atoms with Gasteiger partial charge >= 0.3 is 0 Å². The number of hydrogen-bond acceptors (Lipinski definition) is 2. The molecule has 23 heavy (non-hydrogen) atoms. The molecule has 2 atom stereocenters. The Balaban J connectivity index is 0.00000192. The van der Waals surface area contributed by atoms with Crippen LogP contribution in [0.4, 0.5) is 5.69 Å². The molecule has 1 fully saturated rings. The topological polar surface area (TPSA) is 56.7 Å². The first-order valence-electron chi connectivity index (χ1n) is 8.04. The summed E-state index contributed by atoms with van der Waals surface area (Å²) in [4.78, 5) is 18.6. The second kappa shape index (κ2) is 7.99. The van der Waals surface area contributed by atoms with Crippen molar-refractivity contribution in [2.75, 3.05) is 25.0 Å². The first-order chi connectivity index (χ1) is 10.7. The Hall–Kier alpha value is -1.31. The molecule has 0 aromatic heterocycles. The normalized spacial score (nSPS) is 22.7. The molecule has 0 bridgehead atoms. The van der Waals surface area contributed by atoms with Crippen molar-refractivity contribution in [1.82, 2.24) is 10.6 Å². The quantitative estimate of drug-likeness (QED) is 0.441. The van der Waals surface area contributed by atoms with E-state index in [0.717, 1.165) is 25.1 Å². The molecular formula is C17H25IN4O. The Morgan fingerprint density at radius 2 is 2.13 bits per heavy atom. The van der Waals surface area contributed by atoms with Crippen molar-refractivity contribution in [1.29, 1.82) is 0 Å². The van der Waals surface area contributed by atoms with Gasteiger partial charge in [0.05, 0.1) is 6.54 Å². The number of carbonyl (C=O) groups is 1. The molecule has 2 N–H and O–H groups in total. The lowest BCUT2D eigenvalue weighted by atomic mass is 10.0. The number of anilines is 1. The molecule has 1 aromatic rings. The van der Waals surface area contributed by atoms with E-state index in [1.165, 1.54) is 12.0 Å². The van der Waals surface area contributed by atoms with Gasteiger partial charge in [0.2, 0.25) is 5.91 Å². The van der Waals surface area contributed by atoms with Crippen molar-refractivity contribution >= 4 is 41.5 Å². The van der Waals surface area contributed by atoms with E-state index in [4.69, 9.17) is 0 Å². The fourth-order valence-corrected chi connectivity index (χ4v) is 2.94. The lowest BCUT2D eigenvalue weighted by Gasteiger charge is -2.29. The maximum absolute atomic E-state index is 12.5. The first-order valence-corrected chi connectivity index (χ1v) is 8.04. The summed E-state index contributed by atoms with van der Waals surface area (Å²) in [6.45, 7) is 3.28. The van der Waals surface area contributed by atoms with E-state index in [1.54, 1.807) is 7.05 Å². The molecule has 5 nitrogen and oxygen atoms in total. The molecule has 0 spiro atoms. The van der Waals surface area contributed by atoms with Gasteiger partial charge in [0, 0.05) is 25.3 Å². The van der Waals surface area contributed by atoms with Crippen LogP contribution in [-0.4, -0.2) is 38.0 Å². The van der Waals surface area contributed by atoms with E-state index >= 15 is 0 Å². The number of carbonyl (C=O) groups excluding carboxylic acids is 1. The molecule has 0 radical (unpaired) electrons. The van der Waals surface area contributed by atoms with Crippen molar-refractivity contribution in [3.05, 3.63) is 29.8 Å². The molecule has 126 valence electrons. The SMILES string of the molecule is CN=C(NCC(=O)N1CCCc2ccccc21)NC1CC1C.I. The molecule has 1 heterocycles. The fraction of sp³-hybridized carbons (Fsp3) is 0.529. The van der Waals surface area contributed by atoms with Crippen LogP contribution >= 0.6 is 24.0 Å². The van der Waals surface area contributed by atoms with Crippen LogP contribution in [0.1, 0.15) is 25.3 Å². The number of aliphatic imine (C=N–C) groups is 1. The van der Waals surface area contributed by atoms with Gasteiger partial charge in [-0.15, -0.1) is 24.0 Å². The van der Waals surface area contributed by atoms with E-state index in [-0.39, 0.29) is 36.4 Å². The summed E-state index contributed by atoms with van der Waals surface area (Å²) in [5.41, 5.74) is 2.32. The third-order valence-electron chi connectivity index (χ3n) is 4.47. The van der Waals surface area contributed by atoms with Gasteiger partial charge in [-0.25, -0.2) is 0 Å². The summed E-state index contributed by atoms with van der Waals surface area (Å²) in [5.74, 6) is 1.51. The number of benzene rings is 1. The van der Waals surface area contributed by atoms with Crippen LogP contribution in [0, 0.1) is 5.92 Å². The number of rotatable bonds is 3. The minimum atomic E-state index is 0. The lowest BCUT2D eigenvalue weighted by Crippen LogP contribution is -2.46. The summed E-state index contributed by atoms with van der Waals surface area (Å²) in [6.07, 6.45) is 3.25. The standard InChI is InChI=1S/C17H24N4O.HI/c1-12-10-14(12)20-17(18-2)19-11-16(22)21-9-5-7-13-6-3-4-8-15(13)21;/h3-4,6,8,12,14H,5,7,9-11H2,1-2H3,(H2,18,19,20);1H. The smallest absolute Gasteiger partial charge is 0.246 e. The number of nitrogens with zero attached hydrogens (tertiary/aromatic N) is 2. The van der Waals surface area contributed by atoms with Crippen LogP contribution in [0.25, 0.3) is 0 Å². The van der Waals surface area contributed by atoms with Crippen LogP contribution in [0.15, 0.2) is 29.3 Å². The van der Waals surface area contributed by atoms with Crippen molar-refractivity contribution in [2.24, 2.45) is 10.9 Å². The number of para-hydroxylation sites is 1. The Kier molecular flexibility index (Phi) is 6.26. The highest BCUT2D eigenvalue weighted by molar-refractivity contribution is 14.0. The monoisotopic (exact) mass is 428 g/mol. The molecule has 1 amide bonds. The van der Waals surface area contributed by atoms with Crippen LogP contribution in [0.5, 0.6) is 0 Å². The zero-order valence-corrected chi connectivity index (χ0v) is 16.0. The van der Waals surface area contributed by atoms with Gasteiger partial charge in [-0.05, 0) is 36.8 Å². The van der Waals surface area contributed by atoms with Gasteiger partial charge in [0.15, 0.2) is 5.96 Å². The van der Waals surface area contributed by atoms with Crippen LogP contribution in [0.2, 0.25) is 0 Å². The number of fused-ring (bicyclic) bond motifs is 1. The molecule has 1 aliphatic carbocycles. The van der Waals surface area contributed by atoms with Crippen LogP contribution < -0.4 is 15.5 Å². The fourth-order valence-electron chi connectivity index (χ4n) is 2.94. The predicted molar refractivity (Wildman–Crippen MR) is 105 cm³/mol. The number of guanidine groups is 1. The second-order valence-corrected chi connectivity index (χ2v) is 6.17. The largest absolute Gasteiger partial charge is 0.353 e. The Morgan fingerprint density at radius 3 is 2.83 bits per heavy atom. The van der Waals surface area contributed by atoms with Crippen molar-refractivity contribution in [3.63, 3.8) is 0 Å². The van der Waals surface area contributed by atoms with Gasteiger partial charge in [-0.2, -0.15) is 0 Å². The maximum Gasteiger partial charge on any atom is 0.246 e. The Morgan fingerprint density at radius 1 is 1.39 bits per heavy atom. The molecule has 1 aliphatic heterocycles. The summed E-state index contributed by atoms with van der Waals surface area (Å²) < 4.78 is 0. The van der Waals surface area contributed by atoms with E-state index in [9.17, 15) is 4.79 Å². The summed E-state index contributed by atoms with van der Waals surface area (Å²) in [5, 5.41) is 6.47. The average molecular weight is 428 g/mol. The molecule has 3 rings (SSSR count). The summed E-state index contributed by atoms with van der Waals surface area (Å²) in [6, 6.07) is 8.67. The Labute approximate surface area is 154 Å². The zero-order valence-electron chi connectivity index (χ0n) is 13.7. The number of amides is 1. The minimum absolute atomic E-state index is 0. The molecule has 0 saturated heterocycles. The van der Waals surface area contributed by atoms with E-state index < -0.39 is 0 Å². The molecule has 1 aromatic carbocycles. The highest BCUT2D eigenvalue weighted by atomic mass is 127. The van der Waals surface area contributed by atoms with Crippen molar-refractivity contribution < 1.29 is 4.79 Å². The molecular weight excluding hydrogens is 403 g/mol.